The molecule has 0 aliphatic heterocycles. The van der Waals surface area contributed by atoms with Crippen LogP contribution in [0.5, 0.6) is 0 Å². The number of halogens is 2. The van der Waals surface area contributed by atoms with Crippen LogP contribution >= 0.6 is 0 Å². The standard InChI is InChI=1S/C10H8F2O4S.Li/c1-2-7-3-5-8(6-4-7)9(13)10(11,12)17(14,15)16;/h2-6H,1H2,(H,14,15,16);/q;+1/p-1. The third-order valence-electron chi connectivity index (χ3n) is 1.99. The summed E-state index contributed by atoms with van der Waals surface area (Å²) < 4.78 is 56.6. The molecular formula is C10H7F2LiO4S. The minimum absolute atomic E-state index is 0. The number of alkyl halides is 2. The Balaban J connectivity index is 0.00000289. The van der Waals surface area contributed by atoms with Crippen molar-refractivity contribution in [3.05, 3.63) is 42.0 Å². The molecule has 1 aromatic carbocycles. The summed E-state index contributed by atoms with van der Waals surface area (Å²) in [4.78, 5) is 11.2. The molecular weight excluding hydrogens is 261 g/mol. The maximum atomic E-state index is 12.9. The van der Waals surface area contributed by atoms with Crippen molar-refractivity contribution >= 4 is 22.0 Å². The van der Waals surface area contributed by atoms with Gasteiger partial charge in [-0.15, -0.1) is 0 Å². The van der Waals surface area contributed by atoms with Crippen LogP contribution < -0.4 is 18.9 Å². The van der Waals surface area contributed by atoms with Crippen LogP contribution in [-0.4, -0.2) is 24.0 Å². The van der Waals surface area contributed by atoms with Crippen molar-refractivity contribution in [3.63, 3.8) is 0 Å². The van der Waals surface area contributed by atoms with Crippen LogP contribution in [0.2, 0.25) is 0 Å². The number of hydrogen-bond acceptors (Lipinski definition) is 4. The van der Waals surface area contributed by atoms with E-state index < -0.39 is 26.7 Å². The molecule has 1 rings (SSSR count). The summed E-state index contributed by atoms with van der Waals surface area (Å²) >= 11 is 0. The molecule has 0 aliphatic rings. The SMILES string of the molecule is C=Cc1ccc(C(=O)C(F)(F)S(=O)(=O)[O-])cc1.[Li+]. The van der Waals surface area contributed by atoms with Gasteiger partial charge < -0.3 is 4.55 Å². The average molecular weight is 268 g/mol. The maximum absolute atomic E-state index is 12.9. The summed E-state index contributed by atoms with van der Waals surface area (Å²) in [7, 11) is -6.02. The van der Waals surface area contributed by atoms with Gasteiger partial charge in [0, 0.05) is 5.56 Å². The molecule has 0 radical (unpaired) electrons. The largest absolute Gasteiger partial charge is 1.00 e. The summed E-state index contributed by atoms with van der Waals surface area (Å²) in [5.41, 5.74) is 0.00914. The van der Waals surface area contributed by atoms with Gasteiger partial charge in [0.15, 0.2) is 10.1 Å². The van der Waals surface area contributed by atoms with Crippen LogP contribution in [-0.2, 0) is 10.1 Å². The van der Waals surface area contributed by atoms with Crippen molar-refractivity contribution in [2.24, 2.45) is 0 Å². The van der Waals surface area contributed by atoms with E-state index in [-0.39, 0.29) is 18.9 Å². The molecule has 92 valence electrons. The van der Waals surface area contributed by atoms with Gasteiger partial charge in [0.1, 0.15) is 0 Å². The van der Waals surface area contributed by atoms with Crippen molar-refractivity contribution in [2.75, 3.05) is 0 Å². The Hall–Kier alpha value is -1.00. The minimum atomic E-state index is -6.02. The molecule has 0 saturated heterocycles. The predicted molar refractivity (Wildman–Crippen MR) is 55.5 cm³/mol. The van der Waals surface area contributed by atoms with Gasteiger partial charge in [0.25, 0.3) is 0 Å². The average Bonchev–Trinajstić information content (AvgIpc) is 2.26. The van der Waals surface area contributed by atoms with E-state index >= 15 is 0 Å². The molecule has 0 fully saturated rings. The summed E-state index contributed by atoms with van der Waals surface area (Å²) in [6.45, 7) is 3.41. The first kappa shape index (κ1) is 17.0. The number of rotatable bonds is 4. The number of ketones is 1. The first-order chi connectivity index (χ1) is 7.70. The van der Waals surface area contributed by atoms with Gasteiger partial charge in [-0.3, -0.25) is 4.79 Å². The van der Waals surface area contributed by atoms with Gasteiger partial charge in [-0.05, 0) is 5.56 Å². The molecule has 0 bridgehead atoms. The van der Waals surface area contributed by atoms with E-state index in [0.29, 0.717) is 5.56 Å². The summed E-state index contributed by atoms with van der Waals surface area (Å²) in [6, 6.07) is 4.60. The molecule has 0 unspecified atom stereocenters. The molecule has 0 N–H and O–H groups in total. The Morgan fingerprint density at radius 3 is 2.06 bits per heavy atom. The Bertz CT molecular complexity index is 552. The van der Waals surface area contributed by atoms with Crippen molar-refractivity contribution < 1.29 is 45.4 Å². The van der Waals surface area contributed by atoms with E-state index in [1.54, 1.807) is 0 Å². The number of carbonyl (C=O) groups excluding carboxylic acids is 1. The van der Waals surface area contributed by atoms with E-state index in [1.165, 1.54) is 18.2 Å². The van der Waals surface area contributed by atoms with E-state index in [4.69, 9.17) is 0 Å². The fraction of sp³-hybridized carbons (Fsp3) is 0.100. The zero-order valence-electron chi connectivity index (χ0n) is 9.39. The van der Waals surface area contributed by atoms with Crippen molar-refractivity contribution in [3.8, 4) is 0 Å². The van der Waals surface area contributed by atoms with Crippen LogP contribution in [0.4, 0.5) is 8.78 Å². The second-order valence-electron chi connectivity index (χ2n) is 3.13. The minimum Gasteiger partial charge on any atom is -0.743 e. The normalized spacial score (nSPS) is 11.5. The fourth-order valence-electron chi connectivity index (χ4n) is 1.05. The summed E-state index contributed by atoms with van der Waals surface area (Å²) in [5.74, 6) is -2.04. The van der Waals surface area contributed by atoms with E-state index in [2.05, 4.69) is 6.58 Å². The molecule has 0 atom stereocenters. The molecule has 0 aromatic heterocycles. The zero-order chi connectivity index (χ0) is 13.3. The number of carbonyl (C=O) groups is 1. The van der Waals surface area contributed by atoms with Crippen LogP contribution in [0.3, 0.4) is 0 Å². The molecule has 0 saturated carbocycles. The summed E-state index contributed by atoms with van der Waals surface area (Å²) in [6.07, 6.45) is 1.41. The second kappa shape index (κ2) is 5.76. The van der Waals surface area contributed by atoms with E-state index in [9.17, 15) is 26.5 Å². The Labute approximate surface area is 115 Å². The first-order valence-corrected chi connectivity index (χ1v) is 5.71. The Morgan fingerprint density at radius 1 is 1.28 bits per heavy atom. The molecule has 8 heteroatoms. The van der Waals surface area contributed by atoms with Crippen LogP contribution in [0.15, 0.2) is 30.8 Å². The van der Waals surface area contributed by atoms with Crippen molar-refractivity contribution in [1.29, 1.82) is 0 Å². The molecule has 0 aliphatic carbocycles. The van der Waals surface area contributed by atoms with Gasteiger partial charge in [0.05, 0.1) is 0 Å². The van der Waals surface area contributed by atoms with Crippen LogP contribution in [0, 0.1) is 0 Å². The quantitative estimate of drug-likeness (QED) is 0.384. The predicted octanol–water partition coefficient (Wildman–Crippen LogP) is -1.35. The van der Waals surface area contributed by atoms with Gasteiger partial charge in [-0.1, -0.05) is 36.9 Å². The fourth-order valence-corrected chi connectivity index (χ4v) is 1.40. The number of benzene rings is 1. The second-order valence-corrected chi connectivity index (χ2v) is 4.55. The van der Waals surface area contributed by atoms with Crippen LogP contribution in [0.1, 0.15) is 15.9 Å². The molecule has 0 spiro atoms. The Kier molecular flexibility index (Phi) is 5.44. The van der Waals surface area contributed by atoms with Crippen molar-refractivity contribution in [1.82, 2.24) is 0 Å². The third-order valence-corrected chi connectivity index (χ3v) is 2.80. The smallest absolute Gasteiger partial charge is 0.743 e. The van der Waals surface area contributed by atoms with Gasteiger partial charge in [-0.25, -0.2) is 8.42 Å². The molecule has 1 aromatic rings. The van der Waals surface area contributed by atoms with Gasteiger partial charge in [-0.2, -0.15) is 8.78 Å². The topological polar surface area (TPSA) is 74.3 Å². The molecule has 4 nitrogen and oxygen atoms in total. The number of hydrogen-bond donors (Lipinski definition) is 0. The zero-order valence-corrected chi connectivity index (χ0v) is 10.2. The van der Waals surface area contributed by atoms with E-state index in [1.807, 2.05) is 0 Å². The molecule has 0 amide bonds. The van der Waals surface area contributed by atoms with E-state index in [0.717, 1.165) is 12.1 Å². The first-order valence-electron chi connectivity index (χ1n) is 4.30. The van der Waals surface area contributed by atoms with Gasteiger partial charge in [0.2, 0.25) is 5.78 Å². The Morgan fingerprint density at radius 2 is 1.72 bits per heavy atom. The van der Waals surface area contributed by atoms with Crippen molar-refractivity contribution in [2.45, 2.75) is 5.25 Å². The van der Waals surface area contributed by atoms with Gasteiger partial charge >= 0.3 is 24.1 Å². The number of Topliss-reactive ketones (excluding diaryl/α,β-unsaturated/α-hetero) is 1. The monoisotopic (exact) mass is 268 g/mol. The van der Waals surface area contributed by atoms with Crippen LogP contribution in [0.25, 0.3) is 6.08 Å². The summed E-state index contributed by atoms with van der Waals surface area (Å²) in [5, 5.41) is -4.96. The molecule has 18 heavy (non-hydrogen) atoms. The maximum Gasteiger partial charge on any atom is 1.00 e. The third kappa shape index (κ3) is 3.27. The molecule has 0 heterocycles.